The van der Waals surface area contributed by atoms with Crippen LogP contribution in [0.15, 0.2) is 78.9 Å². The summed E-state index contributed by atoms with van der Waals surface area (Å²) in [5.41, 5.74) is 1.99. The van der Waals surface area contributed by atoms with E-state index in [0.29, 0.717) is 0 Å². The van der Waals surface area contributed by atoms with E-state index in [2.05, 4.69) is 5.32 Å². The van der Waals surface area contributed by atoms with Crippen molar-refractivity contribution in [2.45, 2.75) is 38.3 Å². The van der Waals surface area contributed by atoms with Crippen molar-refractivity contribution in [1.82, 2.24) is 4.90 Å². The standard InChI is InChI=1S/C27H26F2N2O4/c28-21-13-14-31(27(33)35-18-20-9-5-2-6-10-20)25(15-21)23-12-11-22(16-24(23)29)30-26(32)34-17-19-7-3-1-4-8-19/h1-12,16,21,25H,13-15,17-18H2,(H,30,32). The monoisotopic (exact) mass is 480 g/mol. The molecule has 0 aliphatic carbocycles. The van der Waals surface area contributed by atoms with Crippen molar-refractivity contribution in [3.05, 3.63) is 101 Å². The van der Waals surface area contributed by atoms with Crippen molar-refractivity contribution >= 4 is 17.9 Å². The quantitative estimate of drug-likeness (QED) is 0.444. The molecule has 182 valence electrons. The van der Waals surface area contributed by atoms with Gasteiger partial charge in [0, 0.05) is 24.2 Å². The number of hydrogen-bond donors (Lipinski definition) is 1. The van der Waals surface area contributed by atoms with Crippen LogP contribution < -0.4 is 5.32 Å². The molecule has 0 aromatic heterocycles. The second-order valence-electron chi connectivity index (χ2n) is 8.29. The van der Waals surface area contributed by atoms with Gasteiger partial charge in [-0.15, -0.1) is 0 Å². The summed E-state index contributed by atoms with van der Waals surface area (Å²) in [4.78, 5) is 26.2. The summed E-state index contributed by atoms with van der Waals surface area (Å²) < 4.78 is 39.9. The van der Waals surface area contributed by atoms with Gasteiger partial charge in [-0.25, -0.2) is 18.4 Å². The van der Waals surface area contributed by atoms with Gasteiger partial charge < -0.3 is 14.4 Å². The second kappa shape index (κ2) is 11.5. The third-order valence-corrected chi connectivity index (χ3v) is 5.80. The number of carbonyl (C=O) groups excluding carboxylic acids is 2. The average Bonchev–Trinajstić information content (AvgIpc) is 2.87. The maximum absolute atomic E-state index is 15.1. The Labute approximate surface area is 202 Å². The molecule has 35 heavy (non-hydrogen) atoms. The third-order valence-electron chi connectivity index (χ3n) is 5.80. The molecule has 2 atom stereocenters. The van der Waals surface area contributed by atoms with Crippen LogP contribution in [0.4, 0.5) is 24.1 Å². The first-order chi connectivity index (χ1) is 17.0. The molecule has 4 rings (SSSR count). The molecular formula is C27H26F2N2O4. The van der Waals surface area contributed by atoms with E-state index in [0.717, 1.165) is 17.2 Å². The smallest absolute Gasteiger partial charge is 0.411 e. The van der Waals surface area contributed by atoms with E-state index in [1.807, 2.05) is 60.7 Å². The maximum atomic E-state index is 15.1. The fourth-order valence-corrected chi connectivity index (χ4v) is 3.99. The predicted octanol–water partition coefficient (Wildman–Crippen LogP) is 6.39. The van der Waals surface area contributed by atoms with Crippen LogP contribution >= 0.6 is 0 Å². The van der Waals surface area contributed by atoms with Crippen LogP contribution in [-0.4, -0.2) is 29.8 Å². The van der Waals surface area contributed by atoms with Crippen LogP contribution in [0.5, 0.6) is 0 Å². The molecule has 3 aromatic rings. The number of amides is 2. The van der Waals surface area contributed by atoms with Crippen molar-refractivity contribution in [2.24, 2.45) is 0 Å². The normalized spacial score (nSPS) is 17.5. The number of benzene rings is 3. The summed E-state index contributed by atoms with van der Waals surface area (Å²) in [5.74, 6) is -0.661. The number of anilines is 1. The molecule has 1 aliphatic rings. The number of alkyl halides is 1. The average molecular weight is 481 g/mol. The molecule has 8 heteroatoms. The van der Waals surface area contributed by atoms with Crippen molar-refractivity contribution in [1.29, 1.82) is 0 Å². The number of nitrogens with one attached hydrogen (secondary N) is 1. The van der Waals surface area contributed by atoms with Crippen LogP contribution in [0, 0.1) is 5.82 Å². The van der Waals surface area contributed by atoms with Crippen LogP contribution in [0.3, 0.4) is 0 Å². The van der Waals surface area contributed by atoms with Crippen molar-refractivity contribution in [3.63, 3.8) is 0 Å². The number of hydrogen-bond acceptors (Lipinski definition) is 4. The zero-order valence-electron chi connectivity index (χ0n) is 19.0. The largest absolute Gasteiger partial charge is 0.445 e. The van der Waals surface area contributed by atoms with Crippen molar-refractivity contribution < 1.29 is 27.8 Å². The Kier molecular flexibility index (Phi) is 7.92. The number of nitrogens with zero attached hydrogens (tertiary/aromatic N) is 1. The summed E-state index contributed by atoms with van der Waals surface area (Å²) in [7, 11) is 0. The van der Waals surface area contributed by atoms with E-state index in [1.165, 1.54) is 17.0 Å². The van der Waals surface area contributed by atoms with Gasteiger partial charge in [-0.2, -0.15) is 0 Å². The molecule has 1 N–H and O–H groups in total. The lowest BCUT2D eigenvalue weighted by atomic mass is 9.94. The maximum Gasteiger partial charge on any atom is 0.411 e. The van der Waals surface area contributed by atoms with E-state index >= 15 is 4.39 Å². The topological polar surface area (TPSA) is 67.9 Å². The molecule has 6 nitrogen and oxygen atoms in total. The molecule has 2 unspecified atom stereocenters. The molecule has 1 heterocycles. The first kappa shape index (κ1) is 24.2. The minimum atomic E-state index is -1.16. The molecule has 1 aliphatic heterocycles. The number of likely N-dealkylation sites (tertiary alicyclic amines) is 1. The summed E-state index contributed by atoms with van der Waals surface area (Å²) in [5, 5.41) is 2.48. The Hall–Kier alpha value is -3.94. The Bertz CT molecular complexity index is 1140. The van der Waals surface area contributed by atoms with Gasteiger partial charge >= 0.3 is 12.2 Å². The SMILES string of the molecule is O=C(Nc1ccc(C2CC(F)CCN2C(=O)OCc2ccccc2)c(F)c1)OCc1ccccc1. The molecular weight excluding hydrogens is 454 g/mol. The Morgan fingerprint density at radius 3 is 2.17 bits per heavy atom. The van der Waals surface area contributed by atoms with E-state index in [1.54, 1.807) is 0 Å². The molecule has 0 saturated carbocycles. The summed E-state index contributed by atoms with van der Waals surface area (Å²) in [6.45, 7) is 0.260. The van der Waals surface area contributed by atoms with Crippen LogP contribution in [0.1, 0.15) is 35.6 Å². The van der Waals surface area contributed by atoms with Crippen LogP contribution in [0.25, 0.3) is 0 Å². The number of rotatable bonds is 6. The Balaban J connectivity index is 1.40. The number of halogens is 2. The minimum absolute atomic E-state index is 0.0384. The number of carbonyl (C=O) groups is 2. The zero-order chi connectivity index (χ0) is 24.6. The summed E-state index contributed by atoms with van der Waals surface area (Å²) in [6.07, 6.45) is -2.40. The third kappa shape index (κ3) is 6.56. The predicted molar refractivity (Wildman–Crippen MR) is 127 cm³/mol. The highest BCUT2D eigenvalue weighted by Crippen LogP contribution is 2.35. The number of ether oxygens (including phenoxy) is 2. The molecule has 1 fully saturated rings. The highest BCUT2D eigenvalue weighted by Gasteiger charge is 2.35. The van der Waals surface area contributed by atoms with Gasteiger partial charge in [-0.3, -0.25) is 5.32 Å². The highest BCUT2D eigenvalue weighted by molar-refractivity contribution is 5.84. The van der Waals surface area contributed by atoms with Gasteiger partial charge in [0.25, 0.3) is 0 Å². The Morgan fingerprint density at radius 1 is 0.914 bits per heavy atom. The molecule has 0 radical (unpaired) electrons. The van der Waals surface area contributed by atoms with Crippen LogP contribution in [-0.2, 0) is 22.7 Å². The van der Waals surface area contributed by atoms with Gasteiger partial charge in [-0.1, -0.05) is 66.7 Å². The molecule has 0 spiro atoms. The van der Waals surface area contributed by atoms with Gasteiger partial charge in [0.1, 0.15) is 25.2 Å². The summed E-state index contributed by atoms with van der Waals surface area (Å²) >= 11 is 0. The first-order valence-corrected chi connectivity index (χ1v) is 11.4. The second-order valence-corrected chi connectivity index (χ2v) is 8.29. The van der Waals surface area contributed by atoms with Gasteiger partial charge in [0.2, 0.25) is 0 Å². The van der Waals surface area contributed by atoms with Crippen molar-refractivity contribution in [2.75, 3.05) is 11.9 Å². The van der Waals surface area contributed by atoms with Gasteiger partial charge in [0.15, 0.2) is 0 Å². The van der Waals surface area contributed by atoms with E-state index in [-0.39, 0.29) is 43.9 Å². The lowest BCUT2D eigenvalue weighted by Gasteiger charge is -2.36. The lowest BCUT2D eigenvalue weighted by Crippen LogP contribution is -2.42. The Morgan fingerprint density at radius 2 is 1.54 bits per heavy atom. The van der Waals surface area contributed by atoms with E-state index in [9.17, 15) is 14.0 Å². The molecule has 1 saturated heterocycles. The molecule has 3 aromatic carbocycles. The van der Waals surface area contributed by atoms with E-state index < -0.39 is 30.2 Å². The fraction of sp³-hybridized carbons (Fsp3) is 0.259. The van der Waals surface area contributed by atoms with Crippen molar-refractivity contribution in [3.8, 4) is 0 Å². The van der Waals surface area contributed by atoms with Gasteiger partial charge in [0.05, 0.1) is 6.04 Å². The fourth-order valence-electron chi connectivity index (χ4n) is 3.99. The minimum Gasteiger partial charge on any atom is -0.445 e. The van der Waals surface area contributed by atoms with Gasteiger partial charge in [-0.05, 0) is 29.7 Å². The lowest BCUT2D eigenvalue weighted by molar-refractivity contribution is 0.0489. The van der Waals surface area contributed by atoms with Crippen LogP contribution in [0.2, 0.25) is 0 Å². The first-order valence-electron chi connectivity index (χ1n) is 11.4. The zero-order valence-corrected chi connectivity index (χ0v) is 19.0. The highest BCUT2D eigenvalue weighted by atomic mass is 19.1. The van der Waals surface area contributed by atoms with E-state index in [4.69, 9.17) is 9.47 Å². The molecule has 2 amide bonds. The molecule has 0 bridgehead atoms. The number of piperidine rings is 1. The summed E-state index contributed by atoms with van der Waals surface area (Å²) in [6, 6.07) is 21.6.